The summed E-state index contributed by atoms with van der Waals surface area (Å²) in [6.07, 6.45) is -4.69. The van der Waals surface area contributed by atoms with Crippen molar-refractivity contribution in [3.05, 3.63) is 29.3 Å². The summed E-state index contributed by atoms with van der Waals surface area (Å²) in [6, 6.07) is -0.0351. The Kier molecular flexibility index (Phi) is 2.64. The SMILES string of the molecule is O=C1Nc2ccc(C(=O)O)cc2C(C(F)(F)F)N1. The minimum absolute atomic E-state index is 0.0499. The number of anilines is 1. The molecule has 8 heteroatoms. The fraction of sp³-hybridized carbons (Fsp3) is 0.200. The number of carboxylic acid groups (broad SMARTS) is 1. The molecule has 2 rings (SSSR count). The lowest BCUT2D eigenvalue weighted by molar-refractivity contribution is -0.155. The zero-order chi connectivity index (χ0) is 13.5. The molecule has 1 aliphatic heterocycles. The van der Waals surface area contributed by atoms with Crippen LogP contribution in [0.1, 0.15) is 22.0 Å². The lowest BCUT2D eigenvalue weighted by Crippen LogP contribution is -2.44. The number of benzene rings is 1. The Hall–Kier alpha value is -2.25. The van der Waals surface area contributed by atoms with Gasteiger partial charge in [0.05, 0.1) is 5.56 Å². The summed E-state index contributed by atoms with van der Waals surface area (Å²) in [5.41, 5.74) is -0.644. The first-order valence-corrected chi connectivity index (χ1v) is 4.80. The largest absolute Gasteiger partial charge is 0.478 e. The summed E-state index contributed by atoms with van der Waals surface area (Å²) in [5.74, 6) is -1.34. The van der Waals surface area contributed by atoms with E-state index >= 15 is 0 Å². The Labute approximate surface area is 98.6 Å². The van der Waals surface area contributed by atoms with Crippen LogP contribution >= 0.6 is 0 Å². The van der Waals surface area contributed by atoms with Crippen LogP contribution in [0.4, 0.5) is 23.7 Å². The number of rotatable bonds is 1. The smallest absolute Gasteiger partial charge is 0.413 e. The van der Waals surface area contributed by atoms with Crippen molar-refractivity contribution in [1.82, 2.24) is 5.32 Å². The number of hydrogen-bond donors (Lipinski definition) is 3. The lowest BCUT2D eigenvalue weighted by atomic mass is 9.99. The van der Waals surface area contributed by atoms with E-state index in [1.165, 1.54) is 0 Å². The van der Waals surface area contributed by atoms with Crippen molar-refractivity contribution in [3.8, 4) is 0 Å². The van der Waals surface area contributed by atoms with Gasteiger partial charge in [-0.2, -0.15) is 13.2 Å². The molecule has 18 heavy (non-hydrogen) atoms. The van der Waals surface area contributed by atoms with E-state index in [4.69, 9.17) is 5.11 Å². The highest BCUT2D eigenvalue weighted by atomic mass is 19.4. The van der Waals surface area contributed by atoms with Gasteiger partial charge in [0.1, 0.15) is 0 Å². The average Bonchev–Trinajstić information content (AvgIpc) is 2.25. The van der Waals surface area contributed by atoms with Crippen LogP contribution in [-0.4, -0.2) is 23.3 Å². The molecular formula is C10H7F3N2O3. The van der Waals surface area contributed by atoms with Gasteiger partial charge in [-0.05, 0) is 18.2 Å². The van der Waals surface area contributed by atoms with Crippen LogP contribution in [0.3, 0.4) is 0 Å². The predicted molar refractivity (Wildman–Crippen MR) is 54.4 cm³/mol. The topological polar surface area (TPSA) is 78.4 Å². The van der Waals surface area contributed by atoms with Gasteiger partial charge in [0.2, 0.25) is 0 Å². The van der Waals surface area contributed by atoms with Crippen LogP contribution in [0.2, 0.25) is 0 Å². The number of alkyl halides is 3. The molecule has 0 fully saturated rings. The molecule has 3 N–H and O–H groups in total. The Morgan fingerprint density at radius 1 is 1.33 bits per heavy atom. The first-order valence-electron chi connectivity index (χ1n) is 4.80. The van der Waals surface area contributed by atoms with Crippen LogP contribution in [0.5, 0.6) is 0 Å². The molecule has 1 aromatic carbocycles. The van der Waals surface area contributed by atoms with Crippen molar-refractivity contribution in [2.24, 2.45) is 0 Å². The molecule has 1 aromatic rings. The van der Waals surface area contributed by atoms with E-state index in [0.717, 1.165) is 18.2 Å². The first-order chi connectivity index (χ1) is 8.29. The van der Waals surface area contributed by atoms with Crippen molar-refractivity contribution in [3.63, 3.8) is 0 Å². The number of aromatic carboxylic acids is 1. The number of nitrogens with one attached hydrogen (secondary N) is 2. The van der Waals surface area contributed by atoms with Crippen LogP contribution < -0.4 is 10.6 Å². The molecule has 0 aromatic heterocycles. The van der Waals surface area contributed by atoms with Crippen molar-refractivity contribution in [1.29, 1.82) is 0 Å². The molecule has 1 aliphatic rings. The van der Waals surface area contributed by atoms with E-state index in [1.54, 1.807) is 5.32 Å². The molecular weight excluding hydrogens is 253 g/mol. The van der Waals surface area contributed by atoms with Gasteiger partial charge < -0.3 is 15.7 Å². The average molecular weight is 260 g/mol. The lowest BCUT2D eigenvalue weighted by Gasteiger charge is -2.29. The normalized spacial score (nSPS) is 18.6. The second kappa shape index (κ2) is 3.90. The van der Waals surface area contributed by atoms with E-state index in [9.17, 15) is 22.8 Å². The highest BCUT2D eigenvalue weighted by Crippen LogP contribution is 2.38. The fourth-order valence-electron chi connectivity index (χ4n) is 1.67. The third-order valence-corrected chi connectivity index (χ3v) is 2.46. The number of amides is 2. The second-order valence-corrected chi connectivity index (χ2v) is 3.68. The van der Waals surface area contributed by atoms with Crippen molar-refractivity contribution < 1.29 is 27.9 Å². The second-order valence-electron chi connectivity index (χ2n) is 3.68. The van der Waals surface area contributed by atoms with Gasteiger partial charge in [-0.25, -0.2) is 9.59 Å². The Morgan fingerprint density at radius 3 is 2.56 bits per heavy atom. The van der Waals surface area contributed by atoms with Crippen LogP contribution in [0, 0.1) is 0 Å². The molecule has 0 saturated heterocycles. The number of hydrogen-bond acceptors (Lipinski definition) is 2. The number of fused-ring (bicyclic) bond motifs is 1. The number of halogens is 3. The van der Waals surface area contributed by atoms with Gasteiger partial charge in [0, 0.05) is 11.3 Å². The molecule has 0 aliphatic carbocycles. The van der Waals surface area contributed by atoms with E-state index in [1.807, 2.05) is 0 Å². The monoisotopic (exact) mass is 260 g/mol. The molecule has 1 atom stereocenters. The Balaban J connectivity index is 2.54. The van der Waals surface area contributed by atoms with E-state index in [2.05, 4.69) is 5.32 Å². The predicted octanol–water partition coefficient (Wildman–Crippen LogP) is 2.12. The molecule has 0 spiro atoms. The molecule has 1 heterocycles. The van der Waals surface area contributed by atoms with Crippen LogP contribution in [0.15, 0.2) is 18.2 Å². The maximum atomic E-state index is 12.7. The summed E-state index contributed by atoms with van der Waals surface area (Å²) in [7, 11) is 0. The van der Waals surface area contributed by atoms with Gasteiger partial charge in [-0.3, -0.25) is 0 Å². The standard InChI is InChI=1S/C10H7F3N2O3/c11-10(12,13)7-5-3-4(8(16)17)1-2-6(5)14-9(18)15-7/h1-3,7H,(H,16,17)(H2,14,15,18). The molecule has 96 valence electrons. The number of carbonyl (C=O) groups excluding carboxylic acids is 1. The fourth-order valence-corrected chi connectivity index (χ4v) is 1.67. The zero-order valence-corrected chi connectivity index (χ0v) is 8.71. The molecule has 2 amide bonds. The van der Waals surface area contributed by atoms with Gasteiger partial charge in [-0.15, -0.1) is 0 Å². The summed E-state index contributed by atoms with van der Waals surface area (Å²) < 4.78 is 38.2. The van der Waals surface area contributed by atoms with Crippen molar-refractivity contribution >= 4 is 17.7 Å². The van der Waals surface area contributed by atoms with E-state index in [0.29, 0.717) is 0 Å². The Morgan fingerprint density at radius 2 is 2.00 bits per heavy atom. The third-order valence-electron chi connectivity index (χ3n) is 2.46. The number of carbonyl (C=O) groups is 2. The quantitative estimate of drug-likeness (QED) is 0.723. The highest BCUT2D eigenvalue weighted by Gasteiger charge is 2.45. The highest BCUT2D eigenvalue weighted by molar-refractivity contribution is 5.95. The van der Waals surface area contributed by atoms with Crippen LogP contribution in [-0.2, 0) is 0 Å². The molecule has 5 nitrogen and oxygen atoms in total. The van der Waals surface area contributed by atoms with Gasteiger partial charge >= 0.3 is 18.2 Å². The van der Waals surface area contributed by atoms with Gasteiger partial charge in [-0.1, -0.05) is 0 Å². The summed E-state index contributed by atoms with van der Waals surface area (Å²) in [6.45, 7) is 0. The minimum Gasteiger partial charge on any atom is -0.478 e. The Bertz CT molecular complexity index is 528. The molecule has 1 unspecified atom stereocenters. The maximum absolute atomic E-state index is 12.7. The van der Waals surface area contributed by atoms with Crippen molar-refractivity contribution in [2.75, 3.05) is 5.32 Å². The van der Waals surface area contributed by atoms with Gasteiger partial charge in [0.15, 0.2) is 6.04 Å². The van der Waals surface area contributed by atoms with E-state index in [-0.39, 0.29) is 16.8 Å². The summed E-state index contributed by atoms with van der Waals surface area (Å²) in [5, 5.41) is 12.6. The molecule has 0 bridgehead atoms. The molecule has 0 radical (unpaired) electrons. The zero-order valence-electron chi connectivity index (χ0n) is 8.71. The van der Waals surface area contributed by atoms with Gasteiger partial charge in [0.25, 0.3) is 0 Å². The summed E-state index contributed by atoms with van der Waals surface area (Å²) >= 11 is 0. The molecule has 0 saturated carbocycles. The van der Waals surface area contributed by atoms with Crippen molar-refractivity contribution in [2.45, 2.75) is 12.2 Å². The first kappa shape index (κ1) is 12.2. The van der Waals surface area contributed by atoms with E-state index < -0.39 is 24.2 Å². The number of carboxylic acids is 1. The third kappa shape index (κ3) is 2.08. The summed E-state index contributed by atoms with van der Waals surface area (Å²) in [4.78, 5) is 21.8. The maximum Gasteiger partial charge on any atom is 0.413 e. The number of urea groups is 1. The van der Waals surface area contributed by atoms with Crippen LogP contribution in [0.25, 0.3) is 0 Å². The minimum atomic E-state index is -4.69.